The van der Waals surface area contributed by atoms with E-state index in [1.165, 1.54) is 5.57 Å². The van der Waals surface area contributed by atoms with E-state index in [-0.39, 0.29) is 39.1 Å². The van der Waals surface area contributed by atoms with Crippen molar-refractivity contribution in [2.75, 3.05) is 0 Å². The molecular formula is C30H48O4. The Morgan fingerprint density at radius 2 is 1.50 bits per heavy atom. The summed E-state index contributed by atoms with van der Waals surface area (Å²) in [6.45, 7) is 16.2. The van der Waals surface area contributed by atoms with Gasteiger partial charge in [0.05, 0.1) is 17.6 Å². The number of allylic oxidation sites excluding steroid dienone is 1. The molecule has 0 aromatic rings. The molecule has 0 aromatic heterocycles. The van der Waals surface area contributed by atoms with E-state index in [0.717, 1.165) is 44.9 Å². The molecule has 0 aromatic carbocycles. The summed E-state index contributed by atoms with van der Waals surface area (Å²) in [5.41, 5.74) is 0.238. The van der Waals surface area contributed by atoms with Gasteiger partial charge in [0.25, 0.3) is 0 Å². The molecular weight excluding hydrogens is 424 g/mol. The maximum absolute atomic E-state index is 12.8. The summed E-state index contributed by atoms with van der Waals surface area (Å²) in [5.74, 6) is 0.0213. The summed E-state index contributed by atoms with van der Waals surface area (Å²) < 4.78 is 0. The minimum atomic E-state index is -0.832. The summed E-state index contributed by atoms with van der Waals surface area (Å²) in [7, 11) is 0. The second-order valence-electron chi connectivity index (χ2n) is 15.0. The van der Waals surface area contributed by atoms with Crippen LogP contribution in [0.2, 0.25) is 0 Å². The van der Waals surface area contributed by atoms with Gasteiger partial charge in [-0.05, 0) is 96.7 Å². The van der Waals surface area contributed by atoms with E-state index >= 15 is 0 Å². The van der Waals surface area contributed by atoms with E-state index in [2.05, 4.69) is 54.5 Å². The first-order valence-electron chi connectivity index (χ1n) is 13.9. The molecule has 0 radical (unpaired) electrons. The van der Waals surface area contributed by atoms with Crippen molar-refractivity contribution in [1.82, 2.24) is 0 Å². The number of aliphatic hydroxyl groups is 2. The number of aliphatic hydroxyl groups excluding tert-OH is 2. The van der Waals surface area contributed by atoms with Crippen LogP contribution in [0.15, 0.2) is 11.6 Å². The molecule has 192 valence electrons. The highest BCUT2D eigenvalue weighted by atomic mass is 16.4. The van der Waals surface area contributed by atoms with Crippen molar-refractivity contribution in [3.8, 4) is 0 Å². The van der Waals surface area contributed by atoms with Crippen LogP contribution in [-0.2, 0) is 4.79 Å². The van der Waals surface area contributed by atoms with E-state index in [9.17, 15) is 20.1 Å². The number of carboxylic acids is 1. The second kappa shape index (κ2) is 7.12. The Morgan fingerprint density at radius 1 is 0.853 bits per heavy atom. The van der Waals surface area contributed by atoms with Crippen LogP contribution >= 0.6 is 0 Å². The monoisotopic (exact) mass is 472 g/mol. The van der Waals surface area contributed by atoms with E-state index in [1.54, 1.807) is 0 Å². The molecule has 0 spiro atoms. The van der Waals surface area contributed by atoms with Crippen LogP contribution in [-0.4, -0.2) is 33.5 Å². The molecule has 4 nitrogen and oxygen atoms in total. The molecule has 5 unspecified atom stereocenters. The first-order valence-corrected chi connectivity index (χ1v) is 13.9. The largest absolute Gasteiger partial charge is 0.481 e. The summed E-state index contributed by atoms with van der Waals surface area (Å²) in [6, 6.07) is 0. The second-order valence-corrected chi connectivity index (χ2v) is 15.0. The third-order valence-corrected chi connectivity index (χ3v) is 13.3. The molecule has 0 heterocycles. The standard InChI is InChI=1S/C30H48O4/c1-25(2)14-16-30(24(33)34)17-15-28(6)18(22(30)23(25)32)8-9-20-27(5)12-11-21(31)26(3,4)19(27)10-13-29(20,28)7/h8,19-23,31-32H,9-17H2,1-7H3,(H,33,34)/t19?,20?,21-,22?,23?,27-,28?,29+,30-/m0/s1. The van der Waals surface area contributed by atoms with Crippen LogP contribution < -0.4 is 0 Å². The Bertz CT molecular complexity index is 919. The zero-order valence-corrected chi connectivity index (χ0v) is 22.6. The average Bonchev–Trinajstić information content (AvgIpc) is 2.74. The minimum Gasteiger partial charge on any atom is -0.481 e. The lowest BCUT2D eigenvalue weighted by molar-refractivity contribution is -0.212. The van der Waals surface area contributed by atoms with Crippen molar-refractivity contribution in [3.05, 3.63) is 11.6 Å². The summed E-state index contributed by atoms with van der Waals surface area (Å²) in [6.07, 6.45) is 9.70. The fraction of sp³-hybridized carbons (Fsp3) is 0.900. The van der Waals surface area contributed by atoms with Gasteiger partial charge in [-0.15, -0.1) is 0 Å². The van der Waals surface area contributed by atoms with Crippen molar-refractivity contribution in [2.24, 2.45) is 50.2 Å². The summed E-state index contributed by atoms with van der Waals surface area (Å²) in [5, 5.41) is 33.1. The van der Waals surface area contributed by atoms with Crippen molar-refractivity contribution >= 4 is 5.97 Å². The van der Waals surface area contributed by atoms with Crippen molar-refractivity contribution in [2.45, 2.75) is 118 Å². The van der Waals surface area contributed by atoms with Gasteiger partial charge in [-0.3, -0.25) is 4.79 Å². The molecule has 0 aliphatic heterocycles. The van der Waals surface area contributed by atoms with E-state index in [4.69, 9.17) is 0 Å². The fourth-order valence-electron chi connectivity index (χ4n) is 10.6. The van der Waals surface area contributed by atoms with E-state index in [0.29, 0.717) is 24.7 Å². The van der Waals surface area contributed by atoms with Crippen LogP contribution in [0.4, 0.5) is 0 Å². The molecule has 5 aliphatic rings. The molecule has 0 saturated heterocycles. The summed E-state index contributed by atoms with van der Waals surface area (Å²) in [4.78, 5) is 12.8. The number of hydrogen-bond acceptors (Lipinski definition) is 3. The van der Waals surface area contributed by atoms with Gasteiger partial charge in [0.1, 0.15) is 0 Å². The van der Waals surface area contributed by atoms with Gasteiger partial charge in [0.2, 0.25) is 0 Å². The Morgan fingerprint density at radius 3 is 2.15 bits per heavy atom. The highest BCUT2D eigenvalue weighted by Crippen LogP contribution is 2.75. The molecule has 0 bridgehead atoms. The van der Waals surface area contributed by atoms with E-state index < -0.39 is 17.5 Å². The zero-order chi connectivity index (χ0) is 25.1. The first-order chi connectivity index (χ1) is 15.6. The SMILES string of the molecule is CC1(C)CC[C@]2(C(=O)O)CCC3(C)C(=CCC4[C@@]5(C)CC[C@H](O)C(C)(C)C5CC[C@]43C)C2C1O. The fourth-order valence-corrected chi connectivity index (χ4v) is 10.6. The normalized spacial score (nSPS) is 53.4. The molecule has 4 saturated carbocycles. The maximum Gasteiger partial charge on any atom is 0.310 e. The molecule has 4 heteroatoms. The molecule has 0 amide bonds. The molecule has 9 atom stereocenters. The number of fused-ring (bicyclic) bond motifs is 7. The van der Waals surface area contributed by atoms with Crippen molar-refractivity contribution in [3.63, 3.8) is 0 Å². The van der Waals surface area contributed by atoms with E-state index in [1.807, 2.05) is 0 Å². The predicted molar refractivity (Wildman–Crippen MR) is 134 cm³/mol. The lowest BCUT2D eigenvalue weighted by Gasteiger charge is -2.71. The van der Waals surface area contributed by atoms with Gasteiger partial charge in [-0.2, -0.15) is 0 Å². The minimum absolute atomic E-state index is 0.0756. The quantitative estimate of drug-likeness (QED) is 0.397. The van der Waals surface area contributed by atoms with Gasteiger partial charge in [-0.1, -0.05) is 60.1 Å². The van der Waals surface area contributed by atoms with Gasteiger partial charge < -0.3 is 15.3 Å². The summed E-state index contributed by atoms with van der Waals surface area (Å²) >= 11 is 0. The van der Waals surface area contributed by atoms with Gasteiger partial charge in [-0.25, -0.2) is 0 Å². The van der Waals surface area contributed by atoms with Gasteiger partial charge in [0.15, 0.2) is 0 Å². The zero-order valence-electron chi connectivity index (χ0n) is 22.6. The Balaban J connectivity index is 1.62. The van der Waals surface area contributed by atoms with Crippen LogP contribution in [0.1, 0.15) is 106 Å². The molecule has 4 fully saturated rings. The van der Waals surface area contributed by atoms with Gasteiger partial charge in [0, 0.05) is 5.92 Å². The number of hydrogen-bond donors (Lipinski definition) is 3. The van der Waals surface area contributed by atoms with Crippen molar-refractivity contribution in [1.29, 1.82) is 0 Å². The molecule has 5 rings (SSSR count). The Labute approximate surface area is 206 Å². The Hall–Kier alpha value is -0.870. The lowest BCUT2D eigenvalue weighted by atomic mass is 9.33. The maximum atomic E-state index is 12.8. The predicted octanol–water partition coefficient (Wildman–Crippen LogP) is 6.20. The van der Waals surface area contributed by atoms with Crippen LogP contribution in [0.5, 0.6) is 0 Å². The van der Waals surface area contributed by atoms with Gasteiger partial charge >= 0.3 is 5.97 Å². The highest BCUT2D eigenvalue weighted by molar-refractivity contribution is 5.77. The van der Waals surface area contributed by atoms with Crippen LogP contribution in [0.25, 0.3) is 0 Å². The number of carbonyl (C=O) groups is 1. The molecule has 3 N–H and O–H groups in total. The number of carboxylic acid groups (broad SMARTS) is 1. The third-order valence-electron chi connectivity index (χ3n) is 13.3. The molecule has 5 aliphatic carbocycles. The smallest absolute Gasteiger partial charge is 0.310 e. The third kappa shape index (κ3) is 2.76. The Kier molecular flexibility index (Phi) is 5.20. The van der Waals surface area contributed by atoms with Crippen LogP contribution in [0.3, 0.4) is 0 Å². The van der Waals surface area contributed by atoms with Crippen LogP contribution in [0, 0.1) is 50.2 Å². The lowest BCUT2D eigenvalue weighted by Crippen LogP contribution is -2.66. The van der Waals surface area contributed by atoms with Crippen molar-refractivity contribution < 1.29 is 20.1 Å². The highest BCUT2D eigenvalue weighted by Gasteiger charge is 2.70. The number of aliphatic carboxylic acids is 1. The first kappa shape index (κ1) is 24.8. The average molecular weight is 473 g/mol. The topological polar surface area (TPSA) is 77.8 Å². The molecule has 34 heavy (non-hydrogen) atoms. The number of rotatable bonds is 1.